The summed E-state index contributed by atoms with van der Waals surface area (Å²) in [5.74, 6) is 2.36. The minimum Gasteiger partial charge on any atom is -0.496 e. The normalized spacial score (nSPS) is 17.0. The number of aliphatic hydroxyl groups excluding tert-OH is 1. The number of amidine groups is 1. The zero-order valence-corrected chi connectivity index (χ0v) is 23.0. The van der Waals surface area contributed by atoms with E-state index in [-0.39, 0.29) is 6.61 Å². The molecule has 2 aromatic rings. The van der Waals surface area contributed by atoms with Gasteiger partial charge >= 0.3 is 0 Å². The molecule has 0 spiro atoms. The Balaban J connectivity index is 1.67. The van der Waals surface area contributed by atoms with Crippen molar-refractivity contribution >= 4 is 17.7 Å². The summed E-state index contributed by atoms with van der Waals surface area (Å²) in [5.41, 5.74) is 8.47. The topological polar surface area (TPSA) is 115 Å². The predicted molar refractivity (Wildman–Crippen MR) is 152 cm³/mol. The van der Waals surface area contributed by atoms with Crippen molar-refractivity contribution in [2.75, 3.05) is 53.2 Å². The number of fused-ring (bicyclic) bond motifs is 1. The number of ether oxygens (including phenoxy) is 3. The minimum atomic E-state index is 0.0372. The molecule has 0 saturated carbocycles. The first-order chi connectivity index (χ1) is 18.7. The number of nitrogens with one attached hydrogen (secondary N) is 2. The van der Waals surface area contributed by atoms with Crippen LogP contribution in [0.25, 0.3) is 11.9 Å². The molecule has 5 N–H and O–H groups in total. The highest BCUT2D eigenvalue weighted by molar-refractivity contribution is 5.84. The lowest BCUT2D eigenvalue weighted by Crippen LogP contribution is -2.37. The number of methoxy groups -OCH3 is 1. The Morgan fingerprint density at radius 3 is 2.71 bits per heavy atom. The number of hydrogen-bond donors (Lipinski definition) is 4. The molecule has 9 heteroatoms. The van der Waals surface area contributed by atoms with E-state index in [0.29, 0.717) is 38.8 Å². The van der Waals surface area contributed by atoms with Crippen molar-refractivity contribution in [2.24, 2.45) is 10.7 Å². The van der Waals surface area contributed by atoms with Crippen LogP contribution in [0, 0.1) is 0 Å². The van der Waals surface area contributed by atoms with Crippen LogP contribution in [0.2, 0.25) is 0 Å². The third-order valence-electron chi connectivity index (χ3n) is 6.36. The first-order valence-corrected chi connectivity index (χ1v) is 13.8. The Hall–Kier alpha value is -2.85. The summed E-state index contributed by atoms with van der Waals surface area (Å²) in [5, 5.41) is 17.9. The summed E-state index contributed by atoms with van der Waals surface area (Å²) < 4.78 is 18.7. The number of rotatable bonds is 18. The Morgan fingerprint density at radius 2 is 1.92 bits per heavy atom. The van der Waals surface area contributed by atoms with Gasteiger partial charge in [-0.05, 0) is 35.8 Å². The second-order valence-corrected chi connectivity index (χ2v) is 9.35. The summed E-state index contributed by atoms with van der Waals surface area (Å²) in [7, 11) is 1.72. The van der Waals surface area contributed by atoms with Crippen LogP contribution in [0.4, 0.5) is 0 Å². The summed E-state index contributed by atoms with van der Waals surface area (Å²) in [6, 6.07) is 8.52. The maximum Gasteiger partial charge on any atom is 0.152 e. The zero-order chi connectivity index (χ0) is 27.0. The first-order valence-electron chi connectivity index (χ1n) is 13.8. The number of benzene rings is 1. The summed E-state index contributed by atoms with van der Waals surface area (Å²) in [6.45, 7) is 7.22. The maximum absolute atomic E-state index is 8.70. The molecule has 1 aromatic heterocycles. The summed E-state index contributed by atoms with van der Waals surface area (Å²) >= 11 is 0. The fourth-order valence-corrected chi connectivity index (χ4v) is 4.37. The van der Waals surface area contributed by atoms with Gasteiger partial charge in [0.2, 0.25) is 0 Å². The molecule has 1 aliphatic heterocycles. The molecule has 0 unspecified atom stereocenters. The molecule has 1 aromatic carbocycles. The highest BCUT2D eigenvalue weighted by Gasteiger charge is 2.11. The molecular formula is C29H45N5O4. The number of aliphatic hydroxyl groups is 1. The molecular weight excluding hydrogens is 482 g/mol. The van der Waals surface area contributed by atoms with Crippen LogP contribution in [0.15, 0.2) is 35.5 Å². The van der Waals surface area contributed by atoms with Gasteiger partial charge in [0.25, 0.3) is 0 Å². The molecule has 9 nitrogen and oxygen atoms in total. The van der Waals surface area contributed by atoms with E-state index in [2.05, 4.69) is 58.7 Å². The van der Waals surface area contributed by atoms with Crippen LogP contribution in [0.3, 0.4) is 0 Å². The monoisotopic (exact) mass is 527 g/mol. The molecule has 1 aliphatic rings. The van der Waals surface area contributed by atoms with E-state index < -0.39 is 0 Å². The van der Waals surface area contributed by atoms with E-state index in [1.807, 2.05) is 0 Å². The Morgan fingerprint density at radius 1 is 1.08 bits per heavy atom. The van der Waals surface area contributed by atoms with Gasteiger partial charge in [0.15, 0.2) is 5.82 Å². The standard InChI is InChI=1S/C29H45N5O4/c1-3-4-5-12-32-29-28-24(7-6-8-27(30)33-29)11-14-34(28)22-25-10-9-23(20-26(25)36-2)21-31-13-16-37-18-19-38-17-15-35/h7,9-11,14,20,31-32,35H,3-6,8,12-13,15-19,21-22H2,1-2H3,(H2,30,33)/b24-7-,29-28+. The van der Waals surface area contributed by atoms with E-state index in [0.717, 1.165) is 66.9 Å². The SMILES string of the molecule is CCCCCNC1=c2/c(ccn2Cc2ccc(CNCCOCCOCCO)cc2OC)=C\CC/C(N)=N\1. The molecule has 210 valence electrons. The lowest BCUT2D eigenvalue weighted by molar-refractivity contribution is 0.0340. The van der Waals surface area contributed by atoms with Crippen molar-refractivity contribution in [1.82, 2.24) is 15.2 Å². The fourth-order valence-electron chi connectivity index (χ4n) is 4.37. The first kappa shape index (κ1) is 29.7. The highest BCUT2D eigenvalue weighted by Crippen LogP contribution is 2.21. The third-order valence-corrected chi connectivity index (χ3v) is 6.36. The van der Waals surface area contributed by atoms with Gasteiger partial charge in [0.1, 0.15) is 11.6 Å². The number of aromatic nitrogens is 1. The Kier molecular flexibility index (Phi) is 13.2. The van der Waals surface area contributed by atoms with Gasteiger partial charge in [0, 0.05) is 37.8 Å². The lowest BCUT2D eigenvalue weighted by atomic mass is 10.1. The van der Waals surface area contributed by atoms with Crippen LogP contribution in [-0.4, -0.2) is 68.7 Å². The number of nitrogens with two attached hydrogens (primary N) is 1. The second-order valence-electron chi connectivity index (χ2n) is 9.35. The zero-order valence-electron chi connectivity index (χ0n) is 23.0. The number of nitrogens with zero attached hydrogens (tertiary/aromatic N) is 2. The maximum atomic E-state index is 8.70. The fraction of sp³-hybridized carbons (Fsp3) is 0.552. The molecule has 3 rings (SSSR count). The smallest absolute Gasteiger partial charge is 0.152 e. The van der Waals surface area contributed by atoms with Gasteiger partial charge < -0.3 is 40.3 Å². The summed E-state index contributed by atoms with van der Waals surface area (Å²) in [6.07, 6.45) is 9.48. The number of aliphatic imine (C=N–C) groups is 1. The van der Waals surface area contributed by atoms with Crippen molar-refractivity contribution in [1.29, 1.82) is 0 Å². The van der Waals surface area contributed by atoms with Crippen LogP contribution in [0.1, 0.15) is 50.2 Å². The molecule has 0 saturated heterocycles. The van der Waals surface area contributed by atoms with E-state index >= 15 is 0 Å². The average Bonchev–Trinajstić information content (AvgIpc) is 3.30. The molecule has 0 bridgehead atoms. The van der Waals surface area contributed by atoms with E-state index in [4.69, 9.17) is 30.0 Å². The molecule has 0 atom stereocenters. The van der Waals surface area contributed by atoms with Crippen molar-refractivity contribution in [2.45, 2.75) is 52.1 Å². The van der Waals surface area contributed by atoms with Gasteiger partial charge in [-0.3, -0.25) is 0 Å². The van der Waals surface area contributed by atoms with Crippen molar-refractivity contribution < 1.29 is 19.3 Å². The van der Waals surface area contributed by atoms with Gasteiger partial charge in [-0.2, -0.15) is 0 Å². The quantitative estimate of drug-likeness (QED) is 0.217. The molecule has 38 heavy (non-hydrogen) atoms. The Labute approximate surface area is 226 Å². The van der Waals surface area contributed by atoms with E-state index in [1.54, 1.807) is 7.11 Å². The summed E-state index contributed by atoms with van der Waals surface area (Å²) in [4.78, 5) is 4.77. The van der Waals surface area contributed by atoms with Crippen LogP contribution in [-0.2, 0) is 22.6 Å². The van der Waals surface area contributed by atoms with E-state index in [1.165, 1.54) is 18.1 Å². The lowest BCUT2D eigenvalue weighted by Gasteiger charge is -2.15. The number of hydrogen-bond acceptors (Lipinski definition) is 8. The van der Waals surface area contributed by atoms with Crippen molar-refractivity contribution in [3.8, 4) is 5.75 Å². The van der Waals surface area contributed by atoms with Crippen molar-refractivity contribution in [3.05, 3.63) is 52.2 Å². The molecule has 0 aliphatic carbocycles. The third kappa shape index (κ3) is 9.47. The molecule has 0 amide bonds. The highest BCUT2D eigenvalue weighted by atomic mass is 16.5. The van der Waals surface area contributed by atoms with Crippen molar-refractivity contribution in [3.63, 3.8) is 0 Å². The van der Waals surface area contributed by atoms with Crippen LogP contribution < -0.4 is 31.7 Å². The van der Waals surface area contributed by atoms with Gasteiger partial charge in [-0.25, -0.2) is 4.99 Å². The second kappa shape index (κ2) is 16.9. The average molecular weight is 528 g/mol. The van der Waals surface area contributed by atoms with Crippen LogP contribution >= 0.6 is 0 Å². The minimum absolute atomic E-state index is 0.0372. The Bertz CT molecular complexity index is 1130. The predicted octanol–water partition coefficient (Wildman–Crippen LogP) is 1.44. The van der Waals surface area contributed by atoms with Gasteiger partial charge in [-0.15, -0.1) is 0 Å². The van der Waals surface area contributed by atoms with E-state index in [9.17, 15) is 0 Å². The number of unbranched alkanes of at least 4 members (excludes halogenated alkanes) is 2. The molecule has 2 heterocycles. The van der Waals surface area contributed by atoms with Crippen LogP contribution in [0.5, 0.6) is 5.75 Å². The van der Waals surface area contributed by atoms with Gasteiger partial charge in [-0.1, -0.05) is 38.0 Å². The largest absolute Gasteiger partial charge is 0.496 e. The molecule has 0 radical (unpaired) electrons. The van der Waals surface area contributed by atoms with Gasteiger partial charge in [0.05, 0.1) is 52.0 Å². The molecule has 0 fully saturated rings.